The number of anilines is 1. The third kappa shape index (κ3) is 5.22. The van der Waals surface area contributed by atoms with Gasteiger partial charge in [-0.3, -0.25) is 0 Å². The van der Waals surface area contributed by atoms with E-state index in [-0.39, 0.29) is 6.04 Å². The molecule has 0 unspecified atom stereocenters. The van der Waals surface area contributed by atoms with Crippen LogP contribution in [-0.2, 0) is 0 Å². The SMILES string of the molecule is COc1ccccc1NC(=S)N[C@H](C)[C@H](c1ccccc1)[NH+]1CC[NH+](C)CC1. The van der Waals surface area contributed by atoms with Crippen molar-refractivity contribution in [3.63, 3.8) is 0 Å². The molecular formula is C22H32N4OS+2. The molecule has 1 saturated heterocycles. The second-order valence-corrected chi connectivity index (χ2v) is 8.00. The highest BCUT2D eigenvalue weighted by molar-refractivity contribution is 7.80. The number of hydrogen-bond acceptors (Lipinski definition) is 2. The fourth-order valence-corrected chi connectivity index (χ4v) is 4.34. The summed E-state index contributed by atoms with van der Waals surface area (Å²) in [4.78, 5) is 3.24. The van der Waals surface area contributed by atoms with Crippen molar-refractivity contribution in [3.05, 3.63) is 60.2 Å². The molecule has 0 spiro atoms. The van der Waals surface area contributed by atoms with E-state index in [1.54, 1.807) is 16.9 Å². The Morgan fingerprint density at radius 1 is 1.00 bits per heavy atom. The Labute approximate surface area is 173 Å². The number of thiocarbonyl (C=S) groups is 1. The summed E-state index contributed by atoms with van der Waals surface area (Å²) in [6.45, 7) is 6.98. The highest BCUT2D eigenvalue weighted by atomic mass is 32.1. The number of hydrogen-bond donors (Lipinski definition) is 4. The summed E-state index contributed by atoms with van der Waals surface area (Å²) >= 11 is 5.62. The molecule has 4 N–H and O–H groups in total. The Bertz CT molecular complexity index is 762. The zero-order valence-corrected chi connectivity index (χ0v) is 17.8. The van der Waals surface area contributed by atoms with Gasteiger partial charge in [-0.2, -0.15) is 0 Å². The molecular weight excluding hydrogens is 368 g/mol. The first-order chi connectivity index (χ1) is 13.6. The first-order valence-electron chi connectivity index (χ1n) is 10.00. The highest BCUT2D eigenvalue weighted by Gasteiger charge is 2.33. The lowest BCUT2D eigenvalue weighted by Crippen LogP contribution is -3.27. The van der Waals surface area contributed by atoms with Crippen molar-refractivity contribution in [1.82, 2.24) is 5.32 Å². The first kappa shape index (κ1) is 20.6. The Kier molecular flexibility index (Phi) is 7.25. The van der Waals surface area contributed by atoms with Crippen LogP contribution in [0.2, 0.25) is 0 Å². The van der Waals surface area contributed by atoms with Gasteiger partial charge in [-0.15, -0.1) is 0 Å². The molecule has 6 heteroatoms. The standard InChI is InChI=1S/C22H30N4OS/c1-17(23-22(28)24-19-11-7-8-12-20(19)27-3)21(18-9-5-4-6-10-18)26-15-13-25(2)14-16-26/h4-12,17,21H,13-16H2,1-3H3,(H2,23,24,28)/p+2/t17-,21-/m1/s1. The minimum absolute atomic E-state index is 0.200. The number of rotatable bonds is 6. The van der Waals surface area contributed by atoms with Crippen LogP contribution in [0.25, 0.3) is 0 Å². The van der Waals surface area contributed by atoms with Gasteiger partial charge in [0.1, 0.15) is 38.0 Å². The molecule has 3 rings (SSSR count). The summed E-state index contributed by atoms with van der Waals surface area (Å²) in [6, 6.07) is 19.2. The Morgan fingerprint density at radius 2 is 1.64 bits per heavy atom. The van der Waals surface area contributed by atoms with Crippen LogP contribution in [0.4, 0.5) is 5.69 Å². The number of quaternary nitrogens is 2. The maximum Gasteiger partial charge on any atom is 0.171 e. The van der Waals surface area contributed by atoms with Crippen molar-refractivity contribution in [2.45, 2.75) is 19.0 Å². The minimum Gasteiger partial charge on any atom is -0.495 e. The molecule has 0 amide bonds. The van der Waals surface area contributed by atoms with Crippen molar-refractivity contribution < 1.29 is 14.5 Å². The lowest BCUT2D eigenvalue weighted by molar-refractivity contribution is -1.02. The number of nitrogens with one attached hydrogen (secondary N) is 4. The molecule has 0 saturated carbocycles. The first-order valence-corrected chi connectivity index (χ1v) is 10.4. The lowest BCUT2D eigenvalue weighted by atomic mass is 9.98. The number of methoxy groups -OCH3 is 1. The van der Waals surface area contributed by atoms with Gasteiger partial charge in [0.15, 0.2) is 5.11 Å². The van der Waals surface area contributed by atoms with Crippen LogP contribution in [0.1, 0.15) is 18.5 Å². The lowest BCUT2D eigenvalue weighted by Gasteiger charge is -2.37. The van der Waals surface area contributed by atoms with Crippen LogP contribution < -0.4 is 25.2 Å². The maximum atomic E-state index is 5.62. The average Bonchev–Trinajstić information content (AvgIpc) is 2.71. The van der Waals surface area contributed by atoms with Crippen LogP contribution in [0.15, 0.2) is 54.6 Å². The van der Waals surface area contributed by atoms with E-state index in [2.05, 4.69) is 54.9 Å². The van der Waals surface area contributed by atoms with Gasteiger partial charge in [0.25, 0.3) is 0 Å². The summed E-state index contributed by atoms with van der Waals surface area (Å²) in [5, 5.41) is 7.44. The predicted molar refractivity (Wildman–Crippen MR) is 118 cm³/mol. The van der Waals surface area contributed by atoms with E-state index in [4.69, 9.17) is 17.0 Å². The Morgan fingerprint density at radius 3 is 2.32 bits per heavy atom. The Hall–Kier alpha value is -2.15. The van der Waals surface area contributed by atoms with Gasteiger partial charge in [-0.1, -0.05) is 42.5 Å². The molecule has 1 aliphatic heterocycles. The molecule has 0 bridgehead atoms. The van der Waals surface area contributed by atoms with Gasteiger partial charge < -0.3 is 25.2 Å². The molecule has 0 radical (unpaired) electrons. The molecule has 1 aliphatic rings. The predicted octanol–water partition coefficient (Wildman–Crippen LogP) is 0.525. The largest absolute Gasteiger partial charge is 0.495 e. The van der Waals surface area contributed by atoms with Crippen molar-refractivity contribution in [2.24, 2.45) is 0 Å². The molecule has 28 heavy (non-hydrogen) atoms. The van der Waals surface area contributed by atoms with E-state index in [9.17, 15) is 0 Å². The molecule has 1 heterocycles. The zero-order chi connectivity index (χ0) is 19.9. The van der Waals surface area contributed by atoms with Crippen molar-refractivity contribution in [3.8, 4) is 5.75 Å². The fourth-order valence-electron chi connectivity index (χ4n) is 4.04. The molecule has 1 fully saturated rings. The number of para-hydroxylation sites is 2. The highest BCUT2D eigenvalue weighted by Crippen LogP contribution is 2.23. The van der Waals surface area contributed by atoms with E-state index in [0.717, 1.165) is 11.4 Å². The molecule has 2 atom stereocenters. The summed E-state index contributed by atoms with van der Waals surface area (Å²) in [5.41, 5.74) is 2.23. The van der Waals surface area contributed by atoms with Crippen LogP contribution in [0.3, 0.4) is 0 Å². The fraction of sp³-hybridized carbons (Fsp3) is 0.409. The average molecular weight is 401 g/mol. The van der Waals surface area contributed by atoms with Crippen LogP contribution in [-0.4, -0.2) is 51.5 Å². The normalized spacial score (nSPS) is 21.4. The van der Waals surface area contributed by atoms with Crippen molar-refractivity contribution in [1.29, 1.82) is 0 Å². The van der Waals surface area contributed by atoms with Crippen LogP contribution in [0.5, 0.6) is 5.75 Å². The second-order valence-electron chi connectivity index (χ2n) is 7.59. The second kappa shape index (κ2) is 9.87. The molecule has 2 aromatic rings. The third-order valence-electron chi connectivity index (χ3n) is 5.56. The topological polar surface area (TPSA) is 42.2 Å². The number of ether oxygens (including phenoxy) is 1. The van der Waals surface area contributed by atoms with Gasteiger partial charge >= 0.3 is 0 Å². The molecule has 0 aromatic heterocycles. The molecule has 5 nitrogen and oxygen atoms in total. The van der Waals surface area contributed by atoms with Gasteiger partial charge in [-0.25, -0.2) is 0 Å². The van der Waals surface area contributed by atoms with E-state index in [1.165, 1.54) is 31.7 Å². The summed E-state index contributed by atoms with van der Waals surface area (Å²) in [7, 11) is 3.95. The van der Waals surface area contributed by atoms with Gasteiger partial charge in [-0.05, 0) is 31.3 Å². The monoisotopic (exact) mass is 400 g/mol. The number of piperazine rings is 1. The van der Waals surface area contributed by atoms with Gasteiger partial charge in [0.05, 0.1) is 25.9 Å². The van der Waals surface area contributed by atoms with Gasteiger partial charge in [0.2, 0.25) is 0 Å². The molecule has 0 aliphatic carbocycles. The third-order valence-corrected chi connectivity index (χ3v) is 5.78. The van der Waals surface area contributed by atoms with Gasteiger partial charge in [0, 0.05) is 5.56 Å². The van der Waals surface area contributed by atoms with Crippen LogP contribution in [0, 0.1) is 0 Å². The van der Waals surface area contributed by atoms with Crippen molar-refractivity contribution >= 4 is 23.0 Å². The molecule has 150 valence electrons. The van der Waals surface area contributed by atoms with Crippen LogP contribution >= 0.6 is 12.2 Å². The molecule has 2 aromatic carbocycles. The van der Waals surface area contributed by atoms with Crippen molar-refractivity contribution in [2.75, 3.05) is 45.7 Å². The van der Waals surface area contributed by atoms with E-state index < -0.39 is 0 Å². The summed E-state index contributed by atoms with van der Waals surface area (Å²) in [6.07, 6.45) is 0. The Balaban J connectivity index is 1.72. The number of likely N-dealkylation sites (N-methyl/N-ethyl adjacent to an activating group) is 1. The smallest absolute Gasteiger partial charge is 0.171 e. The number of benzene rings is 2. The zero-order valence-electron chi connectivity index (χ0n) is 17.0. The maximum absolute atomic E-state index is 5.62. The quantitative estimate of drug-likeness (QED) is 0.534. The van der Waals surface area contributed by atoms with E-state index in [1.807, 2.05) is 24.3 Å². The summed E-state index contributed by atoms with van der Waals surface area (Å²) in [5.74, 6) is 0.784. The van der Waals surface area contributed by atoms with E-state index >= 15 is 0 Å². The minimum atomic E-state index is 0.200. The van der Waals surface area contributed by atoms with E-state index in [0.29, 0.717) is 11.2 Å². The summed E-state index contributed by atoms with van der Waals surface area (Å²) < 4.78 is 5.42.